The van der Waals surface area contributed by atoms with Crippen LogP contribution in [0, 0.1) is 21.4 Å². The van der Waals surface area contributed by atoms with Crippen LogP contribution in [0.25, 0.3) is 0 Å². The van der Waals surface area contributed by atoms with Crippen molar-refractivity contribution in [3.8, 4) is 6.07 Å². The highest BCUT2D eigenvalue weighted by Crippen LogP contribution is 2.23. The SMILES string of the molecule is CNCC(O)C(O)c1cc(C#N)cc([N+](=O)[O-])c1. The number of nitro groups is 1. The van der Waals surface area contributed by atoms with Crippen LogP contribution in [-0.4, -0.2) is 34.8 Å². The fourth-order valence-corrected chi connectivity index (χ4v) is 1.52. The first-order valence-electron chi connectivity index (χ1n) is 5.19. The smallest absolute Gasteiger partial charge is 0.271 e. The predicted molar refractivity (Wildman–Crippen MR) is 62.7 cm³/mol. The Balaban J connectivity index is 3.12. The quantitative estimate of drug-likeness (QED) is 0.503. The third kappa shape index (κ3) is 3.24. The minimum atomic E-state index is -1.29. The molecule has 18 heavy (non-hydrogen) atoms. The first-order chi connectivity index (χ1) is 8.49. The lowest BCUT2D eigenvalue weighted by molar-refractivity contribution is -0.385. The van der Waals surface area contributed by atoms with Gasteiger partial charge in [-0.25, -0.2) is 0 Å². The lowest BCUT2D eigenvalue weighted by Gasteiger charge is -2.17. The Hall–Kier alpha value is -2.01. The lowest BCUT2D eigenvalue weighted by atomic mass is 10.0. The van der Waals surface area contributed by atoms with E-state index in [1.54, 1.807) is 13.1 Å². The number of aliphatic hydroxyl groups excluding tert-OH is 2. The van der Waals surface area contributed by atoms with Crippen molar-refractivity contribution in [1.29, 1.82) is 5.26 Å². The monoisotopic (exact) mass is 251 g/mol. The number of hydrogen-bond acceptors (Lipinski definition) is 6. The molecule has 0 aliphatic carbocycles. The van der Waals surface area contributed by atoms with E-state index in [0.717, 1.165) is 12.1 Å². The molecule has 0 fully saturated rings. The molecule has 96 valence electrons. The molecule has 2 atom stereocenters. The minimum Gasteiger partial charge on any atom is -0.389 e. The van der Waals surface area contributed by atoms with E-state index in [4.69, 9.17) is 5.26 Å². The summed E-state index contributed by atoms with van der Waals surface area (Å²) in [5.74, 6) is 0. The van der Waals surface area contributed by atoms with Crippen molar-refractivity contribution in [1.82, 2.24) is 5.32 Å². The van der Waals surface area contributed by atoms with Gasteiger partial charge in [0.25, 0.3) is 5.69 Å². The van der Waals surface area contributed by atoms with Crippen LogP contribution in [0.1, 0.15) is 17.2 Å². The van der Waals surface area contributed by atoms with E-state index >= 15 is 0 Å². The summed E-state index contributed by atoms with van der Waals surface area (Å²) in [6.45, 7) is 0.131. The van der Waals surface area contributed by atoms with Gasteiger partial charge in [0.15, 0.2) is 0 Å². The van der Waals surface area contributed by atoms with E-state index < -0.39 is 17.1 Å². The first kappa shape index (κ1) is 14.1. The molecule has 1 aromatic carbocycles. The second-order valence-electron chi connectivity index (χ2n) is 3.75. The summed E-state index contributed by atoms with van der Waals surface area (Å²) in [7, 11) is 1.60. The Morgan fingerprint density at radius 2 is 2.17 bits per heavy atom. The molecule has 0 aliphatic rings. The van der Waals surface area contributed by atoms with Gasteiger partial charge in [0, 0.05) is 18.7 Å². The number of nitriles is 1. The summed E-state index contributed by atoms with van der Waals surface area (Å²) in [5, 5.41) is 41.5. The Morgan fingerprint density at radius 1 is 1.50 bits per heavy atom. The fraction of sp³-hybridized carbons (Fsp3) is 0.364. The average molecular weight is 251 g/mol. The fourth-order valence-electron chi connectivity index (χ4n) is 1.52. The van der Waals surface area contributed by atoms with Crippen LogP contribution in [0.4, 0.5) is 5.69 Å². The molecule has 2 unspecified atom stereocenters. The number of benzene rings is 1. The van der Waals surface area contributed by atoms with Crippen molar-refractivity contribution >= 4 is 5.69 Å². The maximum atomic E-state index is 10.7. The van der Waals surface area contributed by atoms with E-state index in [1.165, 1.54) is 6.07 Å². The maximum Gasteiger partial charge on any atom is 0.271 e. The normalized spacial score (nSPS) is 13.7. The van der Waals surface area contributed by atoms with Crippen molar-refractivity contribution in [2.45, 2.75) is 12.2 Å². The zero-order valence-electron chi connectivity index (χ0n) is 9.70. The molecule has 0 bridgehead atoms. The van der Waals surface area contributed by atoms with Crippen molar-refractivity contribution in [2.75, 3.05) is 13.6 Å². The summed E-state index contributed by atoms with van der Waals surface area (Å²) in [6, 6.07) is 5.35. The van der Waals surface area contributed by atoms with Crippen molar-refractivity contribution < 1.29 is 15.1 Å². The number of nitrogens with one attached hydrogen (secondary N) is 1. The van der Waals surface area contributed by atoms with Gasteiger partial charge in [-0.2, -0.15) is 5.26 Å². The number of non-ortho nitro benzene ring substituents is 1. The molecule has 1 rings (SSSR count). The van der Waals surface area contributed by atoms with E-state index in [9.17, 15) is 20.3 Å². The Labute approximate surface area is 103 Å². The Kier molecular flexibility index (Phi) is 4.74. The van der Waals surface area contributed by atoms with Crippen LogP contribution in [0.2, 0.25) is 0 Å². The first-order valence-corrected chi connectivity index (χ1v) is 5.19. The van der Waals surface area contributed by atoms with Gasteiger partial charge >= 0.3 is 0 Å². The van der Waals surface area contributed by atoms with Crippen molar-refractivity contribution in [3.05, 3.63) is 39.4 Å². The second-order valence-corrected chi connectivity index (χ2v) is 3.75. The number of rotatable bonds is 5. The summed E-state index contributed by atoms with van der Waals surface area (Å²) in [6.07, 6.45) is -2.40. The number of hydrogen-bond donors (Lipinski definition) is 3. The number of likely N-dealkylation sites (N-methyl/N-ethyl adjacent to an activating group) is 1. The molecule has 0 spiro atoms. The van der Waals surface area contributed by atoms with Gasteiger partial charge in [0.05, 0.1) is 22.7 Å². The molecule has 0 amide bonds. The molecule has 3 N–H and O–H groups in total. The Morgan fingerprint density at radius 3 is 2.67 bits per heavy atom. The van der Waals surface area contributed by atoms with Gasteiger partial charge in [-0.3, -0.25) is 10.1 Å². The molecule has 0 aromatic heterocycles. The summed E-state index contributed by atoms with van der Waals surface area (Å²) >= 11 is 0. The summed E-state index contributed by atoms with van der Waals surface area (Å²) in [5.41, 5.74) is -0.0850. The van der Waals surface area contributed by atoms with Gasteiger partial charge in [-0.1, -0.05) is 0 Å². The molecule has 0 radical (unpaired) electrons. The largest absolute Gasteiger partial charge is 0.389 e. The topological polar surface area (TPSA) is 119 Å². The molecule has 0 heterocycles. The van der Waals surface area contributed by atoms with Crippen LogP contribution in [0.15, 0.2) is 18.2 Å². The molecule has 0 saturated heterocycles. The average Bonchev–Trinajstić information content (AvgIpc) is 2.37. The standard InChI is InChI=1S/C11H13N3O4/c1-13-6-10(15)11(16)8-2-7(5-12)3-9(4-8)14(17)18/h2-4,10-11,13,15-16H,6H2,1H3. The molecular weight excluding hydrogens is 238 g/mol. The van der Waals surface area contributed by atoms with Gasteiger partial charge < -0.3 is 15.5 Å². The van der Waals surface area contributed by atoms with E-state index in [2.05, 4.69) is 5.32 Å². The van der Waals surface area contributed by atoms with Crippen LogP contribution >= 0.6 is 0 Å². The van der Waals surface area contributed by atoms with Crippen molar-refractivity contribution in [2.24, 2.45) is 0 Å². The third-order valence-corrected chi connectivity index (χ3v) is 2.40. The van der Waals surface area contributed by atoms with Gasteiger partial charge in [-0.05, 0) is 18.7 Å². The third-order valence-electron chi connectivity index (χ3n) is 2.40. The zero-order chi connectivity index (χ0) is 13.7. The molecule has 0 aliphatic heterocycles. The number of nitrogens with zero attached hydrogens (tertiary/aromatic N) is 2. The molecular formula is C11H13N3O4. The Bertz CT molecular complexity index is 484. The van der Waals surface area contributed by atoms with Crippen LogP contribution in [0.5, 0.6) is 0 Å². The van der Waals surface area contributed by atoms with Gasteiger partial charge in [0.2, 0.25) is 0 Å². The van der Waals surface area contributed by atoms with E-state index in [0.29, 0.717) is 0 Å². The van der Waals surface area contributed by atoms with E-state index in [-0.39, 0.29) is 23.4 Å². The van der Waals surface area contributed by atoms with Crippen LogP contribution in [0.3, 0.4) is 0 Å². The summed E-state index contributed by atoms with van der Waals surface area (Å²) < 4.78 is 0. The second kappa shape index (κ2) is 6.07. The number of nitro benzene ring substituents is 1. The zero-order valence-corrected chi connectivity index (χ0v) is 9.70. The molecule has 7 nitrogen and oxygen atoms in total. The minimum absolute atomic E-state index is 0.0647. The van der Waals surface area contributed by atoms with Gasteiger partial charge in [-0.15, -0.1) is 0 Å². The number of aliphatic hydroxyl groups is 2. The predicted octanol–water partition coefficient (Wildman–Crippen LogP) is 0.0802. The van der Waals surface area contributed by atoms with Crippen LogP contribution in [-0.2, 0) is 0 Å². The molecule has 0 saturated carbocycles. The summed E-state index contributed by atoms with van der Waals surface area (Å²) in [4.78, 5) is 10.0. The highest BCUT2D eigenvalue weighted by atomic mass is 16.6. The lowest BCUT2D eigenvalue weighted by Crippen LogP contribution is -2.29. The molecule has 1 aromatic rings. The molecule has 7 heteroatoms. The van der Waals surface area contributed by atoms with Gasteiger partial charge in [0.1, 0.15) is 6.10 Å². The highest BCUT2D eigenvalue weighted by Gasteiger charge is 2.21. The maximum absolute atomic E-state index is 10.7. The van der Waals surface area contributed by atoms with Crippen LogP contribution < -0.4 is 5.32 Å². The van der Waals surface area contributed by atoms with Crippen molar-refractivity contribution in [3.63, 3.8) is 0 Å². The van der Waals surface area contributed by atoms with E-state index in [1.807, 2.05) is 0 Å². The highest BCUT2D eigenvalue weighted by molar-refractivity contribution is 5.45.